The van der Waals surface area contributed by atoms with Crippen molar-refractivity contribution in [1.82, 2.24) is 20.2 Å². The zero-order valence-corrected chi connectivity index (χ0v) is 17.7. The average Bonchev–Trinajstić information content (AvgIpc) is 3.33. The van der Waals surface area contributed by atoms with Crippen molar-refractivity contribution in [2.45, 2.75) is 18.1 Å². The van der Waals surface area contributed by atoms with Gasteiger partial charge in [0.2, 0.25) is 17.9 Å². The van der Waals surface area contributed by atoms with E-state index in [2.05, 4.69) is 31.4 Å². The van der Waals surface area contributed by atoms with Gasteiger partial charge in [0.1, 0.15) is 0 Å². The van der Waals surface area contributed by atoms with Gasteiger partial charge in [0.05, 0.1) is 0 Å². The third-order valence-corrected chi connectivity index (χ3v) is 5.90. The van der Waals surface area contributed by atoms with E-state index in [1.165, 1.54) is 16.4 Å². The summed E-state index contributed by atoms with van der Waals surface area (Å²) in [4.78, 5) is 12.1. The minimum absolute atomic E-state index is 0.0516. The molecule has 0 unspecified atom stereocenters. The fraction of sp³-hybridized carbons (Fsp3) is 0.211. The third kappa shape index (κ3) is 4.48. The normalized spacial score (nSPS) is 12.2. The van der Waals surface area contributed by atoms with Gasteiger partial charge in [-0.15, -0.1) is 10.2 Å². The Morgan fingerprint density at radius 2 is 2.03 bits per heavy atom. The minimum atomic E-state index is -0.0516. The highest BCUT2D eigenvalue weighted by Crippen LogP contribution is 2.32. The number of hydrogen-bond donors (Lipinski definition) is 2. The number of nitrogens with one attached hydrogen (secondary N) is 1. The minimum Gasteiger partial charge on any atom is -0.454 e. The van der Waals surface area contributed by atoms with Gasteiger partial charge >= 0.3 is 0 Å². The van der Waals surface area contributed by atoms with Crippen LogP contribution < -0.4 is 20.6 Å². The molecule has 3 N–H and O–H groups in total. The molecule has 10 heteroatoms. The SMILES string of the molecule is Nn1c(SCCC(=O)NCc2ccc3c(c2)OCO3)nnc1-c1ccccc1Br. The Kier molecular flexibility index (Phi) is 5.91. The number of nitrogen functional groups attached to an aromatic ring is 1. The van der Waals surface area contributed by atoms with Gasteiger partial charge < -0.3 is 20.6 Å². The summed E-state index contributed by atoms with van der Waals surface area (Å²) in [5.41, 5.74) is 1.81. The molecule has 0 fully saturated rings. The van der Waals surface area contributed by atoms with E-state index in [0.717, 1.165) is 21.3 Å². The Morgan fingerprint density at radius 3 is 2.90 bits per heavy atom. The average molecular weight is 476 g/mol. The van der Waals surface area contributed by atoms with E-state index in [-0.39, 0.29) is 12.7 Å². The monoisotopic (exact) mass is 475 g/mol. The highest BCUT2D eigenvalue weighted by Gasteiger charge is 2.15. The lowest BCUT2D eigenvalue weighted by Crippen LogP contribution is -2.23. The molecule has 0 radical (unpaired) electrons. The summed E-state index contributed by atoms with van der Waals surface area (Å²) in [6, 6.07) is 13.3. The Labute approximate surface area is 179 Å². The number of benzene rings is 2. The van der Waals surface area contributed by atoms with Crippen LogP contribution in [0.2, 0.25) is 0 Å². The number of carbonyl (C=O) groups is 1. The zero-order valence-electron chi connectivity index (χ0n) is 15.3. The zero-order chi connectivity index (χ0) is 20.2. The van der Waals surface area contributed by atoms with Crippen LogP contribution in [0.4, 0.5) is 0 Å². The summed E-state index contributed by atoms with van der Waals surface area (Å²) in [6.45, 7) is 0.663. The number of thioether (sulfide) groups is 1. The smallest absolute Gasteiger partial charge is 0.231 e. The quantitative estimate of drug-likeness (QED) is 0.399. The number of halogens is 1. The second kappa shape index (κ2) is 8.75. The molecule has 1 aliphatic rings. The van der Waals surface area contributed by atoms with E-state index in [4.69, 9.17) is 15.3 Å². The molecule has 0 atom stereocenters. The molecule has 1 amide bonds. The number of rotatable bonds is 7. The van der Waals surface area contributed by atoms with E-state index < -0.39 is 0 Å². The number of hydrogen-bond acceptors (Lipinski definition) is 7. The lowest BCUT2D eigenvalue weighted by Gasteiger charge is -2.07. The summed E-state index contributed by atoms with van der Waals surface area (Å²) in [7, 11) is 0. The van der Waals surface area contributed by atoms with Gasteiger partial charge in [-0.1, -0.05) is 45.9 Å². The third-order valence-electron chi connectivity index (χ3n) is 4.27. The molecule has 1 aromatic heterocycles. The fourth-order valence-electron chi connectivity index (χ4n) is 2.78. The molecule has 1 aliphatic heterocycles. The first-order valence-corrected chi connectivity index (χ1v) is 10.6. The molecule has 150 valence electrons. The number of nitrogens with two attached hydrogens (primary N) is 1. The van der Waals surface area contributed by atoms with E-state index >= 15 is 0 Å². The molecule has 0 aliphatic carbocycles. The first-order valence-electron chi connectivity index (χ1n) is 8.85. The number of fused-ring (bicyclic) bond motifs is 1. The van der Waals surface area contributed by atoms with Crippen LogP contribution in [-0.2, 0) is 11.3 Å². The van der Waals surface area contributed by atoms with Crippen molar-refractivity contribution in [3.63, 3.8) is 0 Å². The molecule has 8 nitrogen and oxygen atoms in total. The predicted molar refractivity (Wildman–Crippen MR) is 113 cm³/mol. The molecular weight excluding hydrogens is 458 g/mol. The van der Waals surface area contributed by atoms with Crippen LogP contribution in [0.3, 0.4) is 0 Å². The largest absolute Gasteiger partial charge is 0.454 e. The Bertz CT molecular complexity index is 1040. The Morgan fingerprint density at radius 1 is 1.21 bits per heavy atom. The Balaban J connectivity index is 1.27. The van der Waals surface area contributed by atoms with Gasteiger partial charge in [-0.05, 0) is 29.8 Å². The summed E-state index contributed by atoms with van der Waals surface area (Å²) in [5.74, 6) is 8.61. The van der Waals surface area contributed by atoms with Crippen LogP contribution in [0.25, 0.3) is 11.4 Å². The van der Waals surface area contributed by atoms with Gasteiger partial charge in [0.15, 0.2) is 17.3 Å². The highest BCUT2D eigenvalue weighted by molar-refractivity contribution is 9.10. The fourth-order valence-corrected chi connectivity index (χ4v) is 4.03. The van der Waals surface area contributed by atoms with E-state index in [1.807, 2.05) is 42.5 Å². The summed E-state index contributed by atoms with van der Waals surface area (Å²) in [6.07, 6.45) is 0.340. The van der Waals surface area contributed by atoms with Crippen molar-refractivity contribution in [1.29, 1.82) is 0 Å². The number of ether oxygens (including phenoxy) is 2. The van der Waals surface area contributed by atoms with Crippen molar-refractivity contribution in [3.8, 4) is 22.9 Å². The van der Waals surface area contributed by atoms with Gasteiger partial charge in [0, 0.05) is 28.8 Å². The van der Waals surface area contributed by atoms with Crippen molar-refractivity contribution in [3.05, 3.63) is 52.5 Å². The maximum Gasteiger partial charge on any atom is 0.231 e. The standard InChI is InChI=1S/C19H18BrN5O3S/c20-14-4-2-1-3-13(14)18-23-24-19(25(18)21)29-8-7-17(26)22-10-12-5-6-15-16(9-12)28-11-27-15/h1-6,9H,7-8,10-11,21H2,(H,22,26). The summed E-state index contributed by atoms with van der Waals surface area (Å²) in [5, 5.41) is 11.7. The lowest BCUT2D eigenvalue weighted by atomic mass is 10.2. The molecule has 2 aromatic carbocycles. The van der Waals surface area contributed by atoms with E-state index in [0.29, 0.717) is 35.4 Å². The number of aromatic nitrogens is 3. The number of carbonyl (C=O) groups excluding carboxylic acids is 1. The van der Waals surface area contributed by atoms with Crippen LogP contribution in [0.1, 0.15) is 12.0 Å². The molecule has 0 saturated carbocycles. The molecule has 0 spiro atoms. The predicted octanol–water partition coefficient (Wildman–Crippen LogP) is 2.95. The second-order valence-corrected chi connectivity index (χ2v) is 8.14. The van der Waals surface area contributed by atoms with E-state index in [9.17, 15) is 4.79 Å². The topological polar surface area (TPSA) is 104 Å². The van der Waals surface area contributed by atoms with Crippen molar-refractivity contribution >= 4 is 33.6 Å². The second-order valence-electron chi connectivity index (χ2n) is 6.22. The van der Waals surface area contributed by atoms with Gasteiger partial charge in [-0.2, -0.15) is 0 Å². The van der Waals surface area contributed by atoms with Crippen LogP contribution in [-0.4, -0.2) is 33.3 Å². The number of nitrogens with zero attached hydrogens (tertiary/aromatic N) is 3. The van der Waals surface area contributed by atoms with Gasteiger partial charge in [-0.3, -0.25) is 4.79 Å². The van der Waals surface area contributed by atoms with Crippen LogP contribution in [0, 0.1) is 0 Å². The van der Waals surface area contributed by atoms with Crippen molar-refractivity contribution in [2.24, 2.45) is 0 Å². The molecule has 4 rings (SSSR count). The first-order chi connectivity index (χ1) is 14.1. The summed E-state index contributed by atoms with van der Waals surface area (Å²) < 4.78 is 13.0. The molecule has 2 heterocycles. The Hall–Kier alpha value is -2.72. The van der Waals surface area contributed by atoms with Crippen LogP contribution >= 0.6 is 27.7 Å². The maximum absolute atomic E-state index is 12.1. The number of amides is 1. The van der Waals surface area contributed by atoms with Gasteiger partial charge in [-0.25, -0.2) is 4.68 Å². The molecule has 29 heavy (non-hydrogen) atoms. The lowest BCUT2D eigenvalue weighted by molar-refractivity contribution is -0.120. The highest BCUT2D eigenvalue weighted by atomic mass is 79.9. The first kappa shape index (κ1) is 19.6. The van der Waals surface area contributed by atoms with Crippen LogP contribution in [0.5, 0.6) is 11.5 Å². The molecular formula is C19H18BrN5O3S. The van der Waals surface area contributed by atoms with Crippen molar-refractivity contribution < 1.29 is 14.3 Å². The van der Waals surface area contributed by atoms with Gasteiger partial charge in [0.25, 0.3) is 0 Å². The summed E-state index contributed by atoms with van der Waals surface area (Å²) >= 11 is 4.88. The molecule has 0 bridgehead atoms. The molecule has 0 saturated heterocycles. The van der Waals surface area contributed by atoms with Crippen LogP contribution in [0.15, 0.2) is 52.1 Å². The molecule has 3 aromatic rings. The van der Waals surface area contributed by atoms with E-state index in [1.54, 1.807) is 0 Å². The maximum atomic E-state index is 12.1. The van der Waals surface area contributed by atoms with Crippen molar-refractivity contribution in [2.75, 3.05) is 18.4 Å².